The number of anilines is 1. The van der Waals surface area contributed by atoms with Crippen molar-refractivity contribution < 1.29 is 4.79 Å². The second-order valence-corrected chi connectivity index (χ2v) is 6.13. The van der Waals surface area contributed by atoms with Crippen LogP contribution in [0, 0.1) is 5.92 Å². The van der Waals surface area contributed by atoms with Crippen LogP contribution in [0.3, 0.4) is 0 Å². The van der Waals surface area contributed by atoms with Crippen molar-refractivity contribution in [3.8, 4) is 0 Å². The lowest BCUT2D eigenvalue weighted by atomic mass is 9.93. The molecule has 0 aromatic heterocycles. The molecule has 6 heteroatoms. The number of amides is 1. The molecule has 2 heterocycles. The highest BCUT2D eigenvalue weighted by Gasteiger charge is 2.32. The number of carbonyl (C=O) groups is 1. The van der Waals surface area contributed by atoms with Crippen LogP contribution in [0.25, 0.3) is 0 Å². The third kappa shape index (κ3) is 4.33. The Hall–Kier alpha value is -0.810. The Bertz CT molecular complexity index is 498. The first-order chi connectivity index (χ1) is 9.70. The first-order valence-corrected chi connectivity index (χ1v) is 7.59. The average Bonchev–Trinajstić information content (AvgIpc) is 2.86. The summed E-state index contributed by atoms with van der Waals surface area (Å²) in [4.78, 5) is 14.3. The molecule has 1 aromatic rings. The van der Waals surface area contributed by atoms with Gasteiger partial charge in [-0.3, -0.25) is 9.69 Å². The number of halogens is 2. The Morgan fingerprint density at radius 3 is 3.10 bits per heavy atom. The molecule has 0 aliphatic carbocycles. The van der Waals surface area contributed by atoms with Crippen LogP contribution in [0.5, 0.6) is 0 Å². The minimum absolute atomic E-state index is 0. The zero-order valence-corrected chi connectivity index (χ0v) is 13.4. The summed E-state index contributed by atoms with van der Waals surface area (Å²) in [5.41, 5.74) is 0.764. The first-order valence-electron chi connectivity index (χ1n) is 7.22. The largest absolute Gasteiger partial charge is 0.325 e. The van der Waals surface area contributed by atoms with Gasteiger partial charge in [-0.1, -0.05) is 17.7 Å². The highest BCUT2D eigenvalue weighted by atomic mass is 35.5. The van der Waals surface area contributed by atoms with Gasteiger partial charge in [0.1, 0.15) is 0 Å². The maximum atomic E-state index is 12.1. The van der Waals surface area contributed by atoms with Crippen LogP contribution in [0.15, 0.2) is 24.3 Å². The van der Waals surface area contributed by atoms with Gasteiger partial charge in [0.15, 0.2) is 0 Å². The second kappa shape index (κ2) is 7.45. The van der Waals surface area contributed by atoms with Crippen LogP contribution in [0.2, 0.25) is 5.02 Å². The summed E-state index contributed by atoms with van der Waals surface area (Å²) in [6, 6.07) is 7.94. The number of hydrogen-bond donors (Lipinski definition) is 2. The van der Waals surface area contributed by atoms with Crippen molar-refractivity contribution in [3.63, 3.8) is 0 Å². The minimum atomic E-state index is 0. The highest BCUT2D eigenvalue weighted by molar-refractivity contribution is 6.30. The summed E-state index contributed by atoms with van der Waals surface area (Å²) >= 11 is 5.91. The Kier molecular flexibility index (Phi) is 5.88. The lowest BCUT2D eigenvalue weighted by Crippen LogP contribution is -2.46. The fourth-order valence-electron chi connectivity index (χ4n) is 3.24. The molecule has 2 fully saturated rings. The molecule has 1 amide bonds. The molecular weight excluding hydrogens is 309 g/mol. The highest BCUT2D eigenvalue weighted by Crippen LogP contribution is 2.24. The van der Waals surface area contributed by atoms with E-state index in [2.05, 4.69) is 15.5 Å². The molecule has 0 spiro atoms. The van der Waals surface area contributed by atoms with Crippen LogP contribution in [-0.4, -0.2) is 43.0 Å². The van der Waals surface area contributed by atoms with Gasteiger partial charge in [0.25, 0.3) is 0 Å². The summed E-state index contributed by atoms with van der Waals surface area (Å²) in [6.45, 7) is 3.62. The standard InChI is InChI=1S/C15H20ClN3O.ClH/c16-12-2-1-3-13(8-12)18-15(20)10-19-7-5-14-11(9-19)4-6-17-14;/h1-3,8,11,14,17H,4-7,9-10H2,(H,18,20);1H. The number of benzene rings is 1. The van der Waals surface area contributed by atoms with Gasteiger partial charge in [-0.25, -0.2) is 0 Å². The van der Waals surface area contributed by atoms with E-state index < -0.39 is 0 Å². The molecule has 4 nitrogen and oxygen atoms in total. The molecule has 21 heavy (non-hydrogen) atoms. The number of carbonyl (C=O) groups excluding carboxylic acids is 1. The number of piperidine rings is 1. The van der Waals surface area contributed by atoms with Gasteiger partial charge < -0.3 is 10.6 Å². The predicted molar refractivity (Wildman–Crippen MR) is 88.3 cm³/mol. The van der Waals surface area contributed by atoms with Crippen LogP contribution < -0.4 is 10.6 Å². The van der Waals surface area contributed by atoms with Crippen molar-refractivity contribution in [1.29, 1.82) is 0 Å². The summed E-state index contributed by atoms with van der Waals surface area (Å²) in [5, 5.41) is 7.09. The molecule has 2 aliphatic rings. The van der Waals surface area contributed by atoms with E-state index in [4.69, 9.17) is 11.6 Å². The molecular formula is C15H21Cl2N3O. The third-order valence-corrected chi connectivity index (χ3v) is 4.45. The minimum Gasteiger partial charge on any atom is -0.325 e. The quantitative estimate of drug-likeness (QED) is 0.894. The molecule has 0 saturated carbocycles. The van der Waals surface area contributed by atoms with Gasteiger partial charge >= 0.3 is 0 Å². The van der Waals surface area contributed by atoms with E-state index in [0.29, 0.717) is 23.5 Å². The van der Waals surface area contributed by atoms with Gasteiger partial charge in [0, 0.05) is 29.8 Å². The lowest BCUT2D eigenvalue weighted by Gasteiger charge is -2.34. The van der Waals surface area contributed by atoms with E-state index in [1.807, 2.05) is 12.1 Å². The van der Waals surface area contributed by atoms with E-state index in [0.717, 1.165) is 31.7 Å². The fraction of sp³-hybridized carbons (Fsp3) is 0.533. The molecule has 0 radical (unpaired) electrons. The summed E-state index contributed by atoms with van der Waals surface area (Å²) in [5.74, 6) is 0.749. The lowest BCUT2D eigenvalue weighted by molar-refractivity contribution is -0.117. The first kappa shape index (κ1) is 16.6. The van der Waals surface area contributed by atoms with Crippen molar-refractivity contribution in [3.05, 3.63) is 29.3 Å². The Balaban J connectivity index is 0.00000161. The third-order valence-electron chi connectivity index (χ3n) is 4.22. The number of likely N-dealkylation sites (tertiary alicyclic amines) is 1. The van der Waals surface area contributed by atoms with E-state index in [9.17, 15) is 4.79 Å². The predicted octanol–water partition coefficient (Wildman–Crippen LogP) is 2.38. The number of hydrogen-bond acceptors (Lipinski definition) is 3. The molecule has 1 aromatic carbocycles. The van der Waals surface area contributed by atoms with E-state index in [-0.39, 0.29) is 18.3 Å². The van der Waals surface area contributed by atoms with Gasteiger partial charge in [0.2, 0.25) is 5.91 Å². The van der Waals surface area contributed by atoms with Crippen molar-refractivity contribution >= 4 is 35.6 Å². The van der Waals surface area contributed by atoms with Crippen LogP contribution in [-0.2, 0) is 4.79 Å². The summed E-state index contributed by atoms with van der Waals surface area (Å²) < 4.78 is 0. The van der Waals surface area contributed by atoms with Gasteiger partial charge in [-0.15, -0.1) is 12.4 Å². The van der Waals surface area contributed by atoms with Crippen molar-refractivity contribution in [2.45, 2.75) is 18.9 Å². The van der Waals surface area contributed by atoms with E-state index in [1.54, 1.807) is 12.1 Å². The van der Waals surface area contributed by atoms with Gasteiger partial charge in [-0.2, -0.15) is 0 Å². The second-order valence-electron chi connectivity index (χ2n) is 5.69. The topological polar surface area (TPSA) is 44.4 Å². The maximum absolute atomic E-state index is 12.1. The maximum Gasteiger partial charge on any atom is 0.238 e. The average molecular weight is 330 g/mol. The molecule has 116 valence electrons. The monoisotopic (exact) mass is 329 g/mol. The Labute approximate surface area is 136 Å². The number of nitrogens with one attached hydrogen (secondary N) is 2. The summed E-state index contributed by atoms with van der Waals surface area (Å²) in [7, 11) is 0. The molecule has 2 aliphatic heterocycles. The van der Waals surface area contributed by atoms with Crippen molar-refractivity contribution in [1.82, 2.24) is 10.2 Å². The van der Waals surface area contributed by atoms with Gasteiger partial charge in [0.05, 0.1) is 6.54 Å². The van der Waals surface area contributed by atoms with E-state index in [1.165, 1.54) is 6.42 Å². The zero-order valence-electron chi connectivity index (χ0n) is 11.8. The molecule has 2 unspecified atom stereocenters. The van der Waals surface area contributed by atoms with Crippen molar-refractivity contribution in [2.24, 2.45) is 5.92 Å². The molecule has 2 atom stereocenters. The fourth-order valence-corrected chi connectivity index (χ4v) is 3.43. The van der Waals surface area contributed by atoms with Crippen LogP contribution >= 0.6 is 24.0 Å². The zero-order chi connectivity index (χ0) is 13.9. The Morgan fingerprint density at radius 1 is 1.43 bits per heavy atom. The van der Waals surface area contributed by atoms with Crippen LogP contribution in [0.4, 0.5) is 5.69 Å². The van der Waals surface area contributed by atoms with Crippen molar-refractivity contribution in [2.75, 3.05) is 31.5 Å². The molecule has 2 N–H and O–H groups in total. The molecule has 3 rings (SSSR count). The number of nitrogens with zero attached hydrogens (tertiary/aromatic N) is 1. The van der Waals surface area contributed by atoms with Gasteiger partial charge in [-0.05, 0) is 43.5 Å². The normalized spacial score (nSPS) is 25.0. The molecule has 0 bridgehead atoms. The summed E-state index contributed by atoms with van der Waals surface area (Å²) in [6.07, 6.45) is 2.38. The number of rotatable bonds is 3. The van der Waals surface area contributed by atoms with Crippen LogP contribution in [0.1, 0.15) is 12.8 Å². The SMILES string of the molecule is Cl.O=C(CN1CCC2NCCC2C1)Nc1cccc(Cl)c1. The number of fused-ring (bicyclic) bond motifs is 1. The smallest absolute Gasteiger partial charge is 0.238 e. The Morgan fingerprint density at radius 2 is 2.29 bits per heavy atom. The molecule has 2 saturated heterocycles. The van der Waals surface area contributed by atoms with E-state index >= 15 is 0 Å².